The Morgan fingerprint density at radius 2 is 2.14 bits per heavy atom. The molecule has 3 heteroatoms. The second kappa shape index (κ2) is 5.40. The predicted octanol–water partition coefficient (Wildman–Crippen LogP) is 3.96. The maximum Gasteiger partial charge on any atom is 0.0640 e. The summed E-state index contributed by atoms with van der Waals surface area (Å²) in [7, 11) is 0. The molecular formula is C11H13Cl2N. The Labute approximate surface area is 94.5 Å². The predicted molar refractivity (Wildman–Crippen MR) is 62.8 cm³/mol. The molecular weight excluding hydrogens is 217 g/mol. The first-order valence-electron chi connectivity index (χ1n) is 4.47. The van der Waals surface area contributed by atoms with Gasteiger partial charge in [-0.05, 0) is 24.5 Å². The number of benzene rings is 1. The lowest BCUT2D eigenvalue weighted by atomic mass is 10.0. The van der Waals surface area contributed by atoms with Gasteiger partial charge in [0.1, 0.15) is 0 Å². The fourth-order valence-electron chi connectivity index (χ4n) is 1.26. The molecule has 2 N–H and O–H groups in total. The number of allylic oxidation sites excluding steroid dienone is 1. The molecule has 0 amide bonds. The number of rotatable bonds is 4. The Morgan fingerprint density at radius 3 is 2.79 bits per heavy atom. The van der Waals surface area contributed by atoms with Gasteiger partial charge in [-0.15, -0.1) is 6.58 Å². The lowest BCUT2D eigenvalue weighted by Gasteiger charge is -2.13. The van der Waals surface area contributed by atoms with E-state index in [1.807, 2.05) is 18.2 Å². The molecule has 0 saturated heterocycles. The largest absolute Gasteiger partial charge is 0.324 e. The normalized spacial score (nSPS) is 12.5. The first-order chi connectivity index (χ1) is 6.66. The van der Waals surface area contributed by atoms with Crippen LogP contribution in [0.25, 0.3) is 0 Å². The SMILES string of the molecule is C=CCC[C@@H](N)c1cccc(Cl)c1Cl. The van der Waals surface area contributed by atoms with E-state index in [2.05, 4.69) is 6.58 Å². The van der Waals surface area contributed by atoms with Gasteiger partial charge in [0, 0.05) is 6.04 Å². The molecule has 0 aliphatic carbocycles. The molecule has 0 aliphatic heterocycles. The highest BCUT2D eigenvalue weighted by Gasteiger charge is 2.10. The van der Waals surface area contributed by atoms with Gasteiger partial charge in [-0.3, -0.25) is 0 Å². The second-order valence-electron chi connectivity index (χ2n) is 3.12. The van der Waals surface area contributed by atoms with Crippen LogP contribution in [-0.2, 0) is 0 Å². The molecule has 0 aromatic heterocycles. The highest BCUT2D eigenvalue weighted by atomic mass is 35.5. The van der Waals surface area contributed by atoms with Gasteiger partial charge < -0.3 is 5.73 Å². The molecule has 1 aromatic carbocycles. The van der Waals surface area contributed by atoms with E-state index in [1.54, 1.807) is 6.07 Å². The van der Waals surface area contributed by atoms with Gasteiger partial charge in [0.05, 0.1) is 10.0 Å². The van der Waals surface area contributed by atoms with E-state index in [0.29, 0.717) is 10.0 Å². The molecule has 1 nitrogen and oxygen atoms in total. The molecule has 0 fully saturated rings. The van der Waals surface area contributed by atoms with Gasteiger partial charge in [-0.2, -0.15) is 0 Å². The van der Waals surface area contributed by atoms with Gasteiger partial charge in [-0.25, -0.2) is 0 Å². The molecule has 76 valence electrons. The topological polar surface area (TPSA) is 26.0 Å². The van der Waals surface area contributed by atoms with Crippen molar-refractivity contribution >= 4 is 23.2 Å². The van der Waals surface area contributed by atoms with Crippen molar-refractivity contribution < 1.29 is 0 Å². The molecule has 0 bridgehead atoms. The van der Waals surface area contributed by atoms with Crippen molar-refractivity contribution in [1.82, 2.24) is 0 Å². The fourth-order valence-corrected chi connectivity index (χ4v) is 1.71. The van der Waals surface area contributed by atoms with E-state index < -0.39 is 0 Å². The zero-order chi connectivity index (χ0) is 10.6. The van der Waals surface area contributed by atoms with Crippen LogP contribution in [-0.4, -0.2) is 0 Å². The van der Waals surface area contributed by atoms with E-state index in [1.165, 1.54) is 0 Å². The third kappa shape index (κ3) is 2.74. The number of hydrogen-bond donors (Lipinski definition) is 1. The Morgan fingerprint density at radius 1 is 1.43 bits per heavy atom. The highest BCUT2D eigenvalue weighted by molar-refractivity contribution is 6.42. The van der Waals surface area contributed by atoms with Crippen molar-refractivity contribution in [2.24, 2.45) is 5.73 Å². The minimum atomic E-state index is -0.0702. The first kappa shape index (κ1) is 11.6. The summed E-state index contributed by atoms with van der Waals surface area (Å²) >= 11 is 11.9. The van der Waals surface area contributed by atoms with Crippen molar-refractivity contribution in [3.63, 3.8) is 0 Å². The molecule has 0 aliphatic rings. The van der Waals surface area contributed by atoms with E-state index in [0.717, 1.165) is 18.4 Å². The van der Waals surface area contributed by atoms with E-state index in [4.69, 9.17) is 28.9 Å². The summed E-state index contributed by atoms with van der Waals surface area (Å²) in [5, 5.41) is 1.11. The van der Waals surface area contributed by atoms with Crippen LogP contribution in [0.3, 0.4) is 0 Å². The van der Waals surface area contributed by atoms with Gasteiger partial charge in [-0.1, -0.05) is 41.4 Å². The Bertz CT molecular complexity index is 323. The summed E-state index contributed by atoms with van der Waals surface area (Å²) in [6, 6.07) is 5.45. The van der Waals surface area contributed by atoms with E-state index in [-0.39, 0.29) is 6.04 Å². The lowest BCUT2D eigenvalue weighted by Crippen LogP contribution is -2.10. The molecule has 1 rings (SSSR count). The summed E-state index contributed by atoms with van der Waals surface area (Å²) < 4.78 is 0. The van der Waals surface area contributed by atoms with Crippen LogP contribution < -0.4 is 5.73 Å². The van der Waals surface area contributed by atoms with Crippen LogP contribution >= 0.6 is 23.2 Å². The third-order valence-corrected chi connectivity index (χ3v) is 2.90. The average Bonchev–Trinajstić information content (AvgIpc) is 2.18. The lowest BCUT2D eigenvalue weighted by molar-refractivity contribution is 0.662. The quantitative estimate of drug-likeness (QED) is 0.778. The molecule has 0 heterocycles. The van der Waals surface area contributed by atoms with Crippen LogP contribution in [0.1, 0.15) is 24.4 Å². The van der Waals surface area contributed by atoms with Crippen LogP contribution in [0.4, 0.5) is 0 Å². The van der Waals surface area contributed by atoms with E-state index in [9.17, 15) is 0 Å². The average molecular weight is 230 g/mol. The third-order valence-electron chi connectivity index (χ3n) is 2.06. The highest BCUT2D eigenvalue weighted by Crippen LogP contribution is 2.30. The Hall–Kier alpha value is -0.500. The zero-order valence-electron chi connectivity index (χ0n) is 7.84. The molecule has 0 radical (unpaired) electrons. The Balaban J connectivity index is 2.83. The molecule has 0 saturated carbocycles. The minimum Gasteiger partial charge on any atom is -0.324 e. The van der Waals surface area contributed by atoms with Gasteiger partial charge in [0.2, 0.25) is 0 Å². The molecule has 0 spiro atoms. The van der Waals surface area contributed by atoms with Crippen molar-refractivity contribution in [3.05, 3.63) is 46.5 Å². The van der Waals surface area contributed by atoms with Crippen LogP contribution in [0, 0.1) is 0 Å². The fraction of sp³-hybridized carbons (Fsp3) is 0.273. The minimum absolute atomic E-state index is 0.0702. The summed E-state index contributed by atoms with van der Waals surface area (Å²) in [6.45, 7) is 3.65. The molecule has 0 unspecified atom stereocenters. The number of halogens is 2. The maximum atomic E-state index is 6.03. The Kier molecular flexibility index (Phi) is 4.46. The summed E-state index contributed by atoms with van der Waals surface area (Å²) in [5.74, 6) is 0. The van der Waals surface area contributed by atoms with Crippen molar-refractivity contribution in [2.75, 3.05) is 0 Å². The van der Waals surface area contributed by atoms with E-state index >= 15 is 0 Å². The van der Waals surface area contributed by atoms with Crippen molar-refractivity contribution in [2.45, 2.75) is 18.9 Å². The first-order valence-corrected chi connectivity index (χ1v) is 5.22. The van der Waals surface area contributed by atoms with Crippen LogP contribution in [0.5, 0.6) is 0 Å². The van der Waals surface area contributed by atoms with Gasteiger partial charge in [0.15, 0.2) is 0 Å². The molecule has 14 heavy (non-hydrogen) atoms. The molecule has 1 aromatic rings. The van der Waals surface area contributed by atoms with Gasteiger partial charge in [0.25, 0.3) is 0 Å². The zero-order valence-corrected chi connectivity index (χ0v) is 9.35. The summed E-state index contributed by atoms with van der Waals surface area (Å²) in [4.78, 5) is 0. The van der Waals surface area contributed by atoms with Crippen LogP contribution in [0.15, 0.2) is 30.9 Å². The molecule has 1 atom stereocenters. The standard InChI is InChI=1S/C11H13Cl2N/c1-2-3-7-10(14)8-5-4-6-9(12)11(8)13/h2,4-6,10H,1,3,7,14H2/t10-/m1/s1. The summed E-state index contributed by atoms with van der Waals surface area (Å²) in [5.41, 5.74) is 6.86. The maximum absolute atomic E-state index is 6.03. The second-order valence-corrected chi connectivity index (χ2v) is 3.90. The monoisotopic (exact) mass is 229 g/mol. The van der Waals surface area contributed by atoms with Crippen molar-refractivity contribution in [1.29, 1.82) is 0 Å². The van der Waals surface area contributed by atoms with Crippen molar-refractivity contribution in [3.8, 4) is 0 Å². The number of nitrogens with two attached hydrogens (primary N) is 1. The van der Waals surface area contributed by atoms with Gasteiger partial charge >= 0.3 is 0 Å². The smallest absolute Gasteiger partial charge is 0.0640 e. The van der Waals surface area contributed by atoms with Crippen LogP contribution in [0.2, 0.25) is 10.0 Å². The number of hydrogen-bond acceptors (Lipinski definition) is 1. The summed E-state index contributed by atoms with van der Waals surface area (Å²) in [6.07, 6.45) is 3.56.